The van der Waals surface area contributed by atoms with Gasteiger partial charge in [-0.25, -0.2) is 8.78 Å². The van der Waals surface area contributed by atoms with E-state index >= 15 is 0 Å². The number of nitrogens with zero attached hydrogens (tertiary/aromatic N) is 1. The van der Waals surface area contributed by atoms with Gasteiger partial charge in [0.15, 0.2) is 0 Å². The summed E-state index contributed by atoms with van der Waals surface area (Å²) in [6, 6.07) is 8.95. The summed E-state index contributed by atoms with van der Waals surface area (Å²) in [6.45, 7) is 0. The van der Waals surface area contributed by atoms with Crippen LogP contribution in [0.2, 0.25) is 0 Å². The zero-order valence-corrected chi connectivity index (χ0v) is 9.32. The molecule has 1 atom stereocenters. The van der Waals surface area contributed by atoms with E-state index in [1.165, 1.54) is 24.4 Å². The van der Waals surface area contributed by atoms with Gasteiger partial charge in [0.05, 0.1) is 17.9 Å². The highest BCUT2D eigenvalue weighted by molar-refractivity contribution is 5.27. The molecule has 0 radical (unpaired) electrons. The first-order valence-electron chi connectivity index (χ1n) is 5.25. The number of nitrogens with one attached hydrogen (secondary N) is 1. The summed E-state index contributed by atoms with van der Waals surface area (Å²) < 4.78 is 25.6. The van der Waals surface area contributed by atoms with Crippen molar-refractivity contribution in [2.24, 2.45) is 0 Å². The number of aromatic nitrogens is 1. The van der Waals surface area contributed by atoms with Gasteiger partial charge >= 0.3 is 0 Å². The predicted molar refractivity (Wildman–Crippen MR) is 61.5 cm³/mol. The van der Waals surface area contributed by atoms with E-state index in [1.807, 2.05) is 0 Å². The van der Waals surface area contributed by atoms with E-state index in [-0.39, 0.29) is 17.7 Å². The fourth-order valence-corrected chi connectivity index (χ4v) is 1.70. The molecule has 4 heteroatoms. The third-order valence-electron chi connectivity index (χ3n) is 2.54. The van der Waals surface area contributed by atoms with Crippen LogP contribution in [0.25, 0.3) is 0 Å². The van der Waals surface area contributed by atoms with Crippen LogP contribution < -0.4 is 5.32 Å². The Morgan fingerprint density at radius 3 is 2.18 bits per heavy atom. The van der Waals surface area contributed by atoms with E-state index < -0.39 is 0 Å². The van der Waals surface area contributed by atoms with E-state index in [0.29, 0.717) is 5.69 Å². The van der Waals surface area contributed by atoms with Crippen molar-refractivity contribution in [1.29, 1.82) is 0 Å². The van der Waals surface area contributed by atoms with Crippen LogP contribution in [-0.2, 0) is 0 Å². The number of hydrogen-bond donors (Lipinski definition) is 1. The first kappa shape index (κ1) is 11.7. The lowest BCUT2D eigenvalue weighted by Gasteiger charge is -2.15. The lowest BCUT2D eigenvalue weighted by Crippen LogP contribution is -2.18. The summed E-state index contributed by atoms with van der Waals surface area (Å²) in [6.07, 6.45) is 1.17. The molecule has 2 aromatic rings. The number of pyridine rings is 1. The summed E-state index contributed by atoms with van der Waals surface area (Å²) in [4.78, 5) is 4.02. The van der Waals surface area contributed by atoms with E-state index in [1.54, 1.807) is 25.2 Å². The van der Waals surface area contributed by atoms with Crippen molar-refractivity contribution in [2.75, 3.05) is 7.05 Å². The molecule has 2 rings (SSSR count). The molecule has 1 N–H and O–H groups in total. The van der Waals surface area contributed by atoms with E-state index in [0.717, 1.165) is 5.56 Å². The standard InChI is InChI=1S/C13H12F2N2/c1-16-13(9-2-4-10(14)5-3-9)12-7-6-11(15)8-17-12/h2-8,13,16H,1H3. The van der Waals surface area contributed by atoms with Gasteiger partial charge in [-0.2, -0.15) is 0 Å². The maximum absolute atomic E-state index is 12.8. The van der Waals surface area contributed by atoms with E-state index in [2.05, 4.69) is 10.3 Å². The Morgan fingerprint density at radius 2 is 1.65 bits per heavy atom. The van der Waals surface area contributed by atoms with Crippen LogP contribution in [0.1, 0.15) is 17.3 Å². The zero-order valence-electron chi connectivity index (χ0n) is 9.32. The third kappa shape index (κ3) is 2.65. The first-order chi connectivity index (χ1) is 8.20. The second-order valence-corrected chi connectivity index (χ2v) is 3.67. The van der Waals surface area contributed by atoms with Crippen molar-refractivity contribution < 1.29 is 8.78 Å². The summed E-state index contributed by atoms with van der Waals surface area (Å²) in [7, 11) is 1.78. The monoisotopic (exact) mass is 234 g/mol. The predicted octanol–water partition coefficient (Wildman–Crippen LogP) is 2.67. The lowest BCUT2D eigenvalue weighted by molar-refractivity contribution is 0.607. The van der Waals surface area contributed by atoms with Gasteiger partial charge in [0.2, 0.25) is 0 Å². The van der Waals surface area contributed by atoms with Crippen LogP contribution in [-0.4, -0.2) is 12.0 Å². The molecule has 88 valence electrons. The van der Waals surface area contributed by atoms with Crippen molar-refractivity contribution >= 4 is 0 Å². The Bertz CT molecular complexity index is 434. The minimum atomic E-state index is -0.372. The third-order valence-corrected chi connectivity index (χ3v) is 2.54. The van der Waals surface area contributed by atoms with Crippen LogP contribution in [0.4, 0.5) is 8.78 Å². The molecule has 0 saturated carbocycles. The molecule has 0 fully saturated rings. The lowest BCUT2D eigenvalue weighted by atomic mass is 10.0. The minimum Gasteiger partial charge on any atom is -0.308 e. The van der Waals surface area contributed by atoms with Gasteiger partial charge in [-0.15, -0.1) is 0 Å². The van der Waals surface area contributed by atoms with Crippen LogP contribution in [0, 0.1) is 11.6 Å². The fraction of sp³-hybridized carbons (Fsp3) is 0.154. The van der Waals surface area contributed by atoms with Gasteiger partial charge < -0.3 is 5.32 Å². The second-order valence-electron chi connectivity index (χ2n) is 3.67. The molecule has 0 aliphatic heterocycles. The fourth-order valence-electron chi connectivity index (χ4n) is 1.70. The Labute approximate surface area is 98.3 Å². The zero-order chi connectivity index (χ0) is 12.3. The minimum absolute atomic E-state index is 0.170. The molecule has 2 nitrogen and oxygen atoms in total. The molecule has 17 heavy (non-hydrogen) atoms. The van der Waals surface area contributed by atoms with Crippen molar-refractivity contribution in [3.05, 3.63) is 65.5 Å². The number of halogens is 2. The highest BCUT2D eigenvalue weighted by Gasteiger charge is 2.13. The summed E-state index contributed by atoms with van der Waals surface area (Å²) in [5.74, 6) is -0.654. The van der Waals surface area contributed by atoms with Gasteiger partial charge in [0, 0.05) is 0 Å². The second kappa shape index (κ2) is 5.01. The molecule has 1 heterocycles. The molecule has 0 aliphatic rings. The Balaban J connectivity index is 2.33. The Kier molecular flexibility index (Phi) is 3.44. The van der Waals surface area contributed by atoms with Gasteiger partial charge in [-0.3, -0.25) is 4.98 Å². The molecule has 1 unspecified atom stereocenters. The van der Waals surface area contributed by atoms with Crippen LogP contribution in [0.15, 0.2) is 42.6 Å². The number of benzene rings is 1. The van der Waals surface area contributed by atoms with Crippen LogP contribution in [0.5, 0.6) is 0 Å². The molecular formula is C13H12F2N2. The van der Waals surface area contributed by atoms with Crippen molar-refractivity contribution in [2.45, 2.75) is 6.04 Å². The van der Waals surface area contributed by atoms with Crippen molar-refractivity contribution in [3.8, 4) is 0 Å². The summed E-state index contributed by atoms with van der Waals surface area (Å²) >= 11 is 0. The molecule has 1 aromatic carbocycles. The quantitative estimate of drug-likeness (QED) is 0.883. The molecule has 0 bridgehead atoms. The van der Waals surface area contributed by atoms with Crippen molar-refractivity contribution in [3.63, 3.8) is 0 Å². The van der Waals surface area contributed by atoms with Gasteiger partial charge in [-0.1, -0.05) is 12.1 Å². The van der Waals surface area contributed by atoms with Gasteiger partial charge in [-0.05, 0) is 36.9 Å². The van der Waals surface area contributed by atoms with Crippen LogP contribution >= 0.6 is 0 Å². The average Bonchev–Trinajstić information content (AvgIpc) is 2.35. The SMILES string of the molecule is CNC(c1ccc(F)cc1)c1ccc(F)cn1. The number of rotatable bonds is 3. The normalized spacial score (nSPS) is 12.4. The molecular weight excluding hydrogens is 222 g/mol. The van der Waals surface area contributed by atoms with Gasteiger partial charge in [0.25, 0.3) is 0 Å². The topological polar surface area (TPSA) is 24.9 Å². The highest BCUT2D eigenvalue weighted by Crippen LogP contribution is 2.20. The maximum atomic E-state index is 12.8. The first-order valence-corrected chi connectivity index (χ1v) is 5.25. The molecule has 0 aliphatic carbocycles. The molecule has 0 spiro atoms. The summed E-state index contributed by atoms with van der Waals surface area (Å²) in [5, 5.41) is 3.07. The van der Waals surface area contributed by atoms with Crippen molar-refractivity contribution in [1.82, 2.24) is 10.3 Å². The molecule has 1 aromatic heterocycles. The number of hydrogen-bond acceptors (Lipinski definition) is 2. The largest absolute Gasteiger partial charge is 0.308 e. The van der Waals surface area contributed by atoms with Crippen LogP contribution in [0.3, 0.4) is 0 Å². The average molecular weight is 234 g/mol. The van der Waals surface area contributed by atoms with Gasteiger partial charge in [0.1, 0.15) is 11.6 Å². The highest BCUT2D eigenvalue weighted by atomic mass is 19.1. The maximum Gasteiger partial charge on any atom is 0.141 e. The Hall–Kier alpha value is -1.81. The smallest absolute Gasteiger partial charge is 0.141 e. The molecule has 0 saturated heterocycles. The Morgan fingerprint density at radius 1 is 1.00 bits per heavy atom. The van der Waals surface area contributed by atoms with E-state index in [9.17, 15) is 8.78 Å². The summed E-state index contributed by atoms with van der Waals surface area (Å²) in [5.41, 5.74) is 1.58. The van der Waals surface area contributed by atoms with E-state index in [4.69, 9.17) is 0 Å². The molecule has 0 amide bonds.